The van der Waals surface area contributed by atoms with Gasteiger partial charge in [-0.15, -0.1) is 11.3 Å². The van der Waals surface area contributed by atoms with Gasteiger partial charge in [0.05, 0.1) is 7.11 Å². The van der Waals surface area contributed by atoms with E-state index in [0.717, 1.165) is 11.3 Å². The zero-order valence-corrected chi connectivity index (χ0v) is 14.7. The number of amides is 1. The molecule has 1 heterocycles. The quantitative estimate of drug-likeness (QED) is 0.703. The number of anilines is 1. The van der Waals surface area contributed by atoms with E-state index in [1.807, 2.05) is 25.1 Å². The fourth-order valence-corrected chi connectivity index (χ4v) is 3.43. The van der Waals surface area contributed by atoms with Crippen LogP contribution in [-0.4, -0.2) is 13.2 Å². The van der Waals surface area contributed by atoms with Gasteiger partial charge < -0.3 is 9.47 Å². The Bertz CT molecular complexity index is 885. The summed E-state index contributed by atoms with van der Waals surface area (Å²) >= 11 is 1.75. The minimum atomic E-state index is -0.479. The van der Waals surface area contributed by atoms with Gasteiger partial charge >= 0.3 is 6.09 Å². The topological polar surface area (TPSA) is 47.6 Å². The third kappa shape index (κ3) is 3.68. The number of nitrogens with one attached hydrogen (secondary N) is 1. The van der Waals surface area contributed by atoms with E-state index in [1.54, 1.807) is 11.3 Å². The number of thiophene rings is 1. The number of aryl methyl sites for hydroxylation is 2. The van der Waals surface area contributed by atoms with Crippen LogP contribution in [-0.2, 0) is 11.3 Å². The molecule has 1 N–H and O–H groups in total. The Kier molecular flexibility index (Phi) is 4.71. The largest absolute Gasteiger partial charge is 0.488 e. The van der Waals surface area contributed by atoms with Crippen LogP contribution in [0.5, 0.6) is 5.75 Å². The molecular formula is C19H19NO3S. The van der Waals surface area contributed by atoms with E-state index in [0.29, 0.717) is 12.3 Å². The van der Waals surface area contributed by atoms with Crippen molar-refractivity contribution in [2.75, 3.05) is 12.4 Å². The molecule has 0 saturated heterocycles. The summed E-state index contributed by atoms with van der Waals surface area (Å²) in [4.78, 5) is 12.5. The van der Waals surface area contributed by atoms with Crippen LogP contribution in [0, 0.1) is 13.8 Å². The van der Waals surface area contributed by atoms with Crippen molar-refractivity contribution in [1.82, 2.24) is 0 Å². The van der Waals surface area contributed by atoms with Crippen LogP contribution in [0.15, 0.2) is 42.5 Å². The van der Waals surface area contributed by atoms with Crippen molar-refractivity contribution in [3.63, 3.8) is 0 Å². The number of rotatable bonds is 4. The Hall–Kier alpha value is -2.53. The molecule has 1 aromatic heterocycles. The molecule has 3 rings (SSSR count). The monoisotopic (exact) mass is 341 g/mol. The second-order valence-corrected chi connectivity index (χ2v) is 6.80. The number of hydrogen-bond acceptors (Lipinski definition) is 4. The van der Waals surface area contributed by atoms with Gasteiger partial charge in [-0.2, -0.15) is 0 Å². The van der Waals surface area contributed by atoms with Crippen LogP contribution in [0.4, 0.5) is 10.5 Å². The lowest BCUT2D eigenvalue weighted by atomic mass is 10.2. The maximum Gasteiger partial charge on any atom is 0.411 e. The molecule has 0 unspecified atom stereocenters. The van der Waals surface area contributed by atoms with Crippen LogP contribution in [0.2, 0.25) is 0 Å². The Morgan fingerprint density at radius 1 is 1.12 bits per heavy atom. The summed E-state index contributed by atoms with van der Waals surface area (Å²) in [5.74, 6) is 0.775. The van der Waals surface area contributed by atoms with E-state index in [1.165, 1.54) is 27.6 Å². The van der Waals surface area contributed by atoms with Crippen molar-refractivity contribution in [1.29, 1.82) is 0 Å². The molecule has 0 atom stereocenters. The molecule has 0 radical (unpaired) electrons. The van der Waals surface area contributed by atoms with Gasteiger partial charge in [0.1, 0.15) is 12.4 Å². The summed E-state index contributed by atoms with van der Waals surface area (Å²) in [7, 11) is 1.34. The van der Waals surface area contributed by atoms with Crippen LogP contribution in [0.25, 0.3) is 10.1 Å². The number of carbonyl (C=O) groups excluding carboxylic acids is 1. The van der Waals surface area contributed by atoms with Crippen molar-refractivity contribution < 1.29 is 14.3 Å². The average Bonchev–Trinajstić information content (AvgIpc) is 2.97. The molecule has 2 aromatic carbocycles. The first-order chi connectivity index (χ1) is 11.5. The van der Waals surface area contributed by atoms with Crippen molar-refractivity contribution in [2.24, 2.45) is 0 Å². The van der Waals surface area contributed by atoms with E-state index in [2.05, 4.69) is 41.2 Å². The highest BCUT2D eigenvalue weighted by Gasteiger charge is 2.07. The molecule has 0 aliphatic carbocycles. The Labute approximate surface area is 145 Å². The summed E-state index contributed by atoms with van der Waals surface area (Å²) in [5, 5.41) is 3.93. The van der Waals surface area contributed by atoms with E-state index in [9.17, 15) is 4.79 Å². The second-order valence-electron chi connectivity index (χ2n) is 5.64. The highest BCUT2D eigenvalue weighted by atomic mass is 32.1. The fourth-order valence-electron chi connectivity index (χ4n) is 2.47. The van der Waals surface area contributed by atoms with Crippen LogP contribution in [0.3, 0.4) is 0 Å². The second kappa shape index (κ2) is 6.93. The lowest BCUT2D eigenvalue weighted by Crippen LogP contribution is -2.11. The highest BCUT2D eigenvalue weighted by Crippen LogP contribution is 2.28. The van der Waals surface area contributed by atoms with Crippen LogP contribution < -0.4 is 10.1 Å². The summed E-state index contributed by atoms with van der Waals surface area (Å²) in [6.07, 6.45) is -0.479. The zero-order chi connectivity index (χ0) is 17.1. The minimum absolute atomic E-state index is 0.479. The molecule has 24 heavy (non-hydrogen) atoms. The number of methoxy groups -OCH3 is 1. The van der Waals surface area contributed by atoms with E-state index >= 15 is 0 Å². The third-order valence-corrected chi connectivity index (χ3v) is 4.81. The number of ether oxygens (including phenoxy) is 2. The number of carbonyl (C=O) groups is 1. The smallest absolute Gasteiger partial charge is 0.411 e. The molecule has 124 valence electrons. The molecule has 0 saturated carbocycles. The number of hydrogen-bond donors (Lipinski definition) is 1. The first kappa shape index (κ1) is 16.3. The van der Waals surface area contributed by atoms with Crippen molar-refractivity contribution in [2.45, 2.75) is 20.5 Å². The summed E-state index contributed by atoms with van der Waals surface area (Å²) in [6.45, 7) is 4.54. The van der Waals surface area contributed by atoms with Crippen LogP contribution >= 0.6 is 11.3 Å². The maximum absolute atomic E-state index is 11.3. The van der Waals surface area contributed by atoms with Crippen molar-refractivity contribution in [3.05, 3.63) is 58.5 Å². The highest BCUT2D eigenvalue weighted by molar-refractivity contribution is 7.19. The molecule has 0 bridgehead atoms. The van der Waals surface area contributed by atoms with Gasteiger partial charge in [0, 0.05) is 15.3 Å². The maximum atomic E-state index is 11.3. The van der Waals surface area contributed by atoms with Gasteiger partial charge in [0.2, 0.25) is 0 Å². The predicted octanol–water partition coefficient (Wildman–Crippen LogP) is 5.28. The summed E-state index contributed by atoms with van der Waals surface area (Å²) in [6, 6.07) is 14.2. The first-order valence-corrected chi connectivity index (χ1v) is 8.44. The molecule has 4 nitrogen and oxygen atoms in total. The minimum Gasteiger partial charge on any atom is -0.488 e. The Morgan fingerprint density at radius 2 is 1.96 bits per heavy atom. The van der Waals surface area contributed by atoms with Gasteiger partial charge in [-0.1, -0.05) is 17.7 Å². The predicted molar refractivity (Wildman–Crippen MR) is 98.1 cm³/mol. The first-order valence-electron chi connectivity index (χ1n) is 7.62. The normalized spacial score (nSPS) is 10.6. The SMILES string of the molecule is COC(=O)Nc1ccc(OCc2cc3cc(C)ccc3s2)cc1C. The van der Waals surface area contributed by atoms with Crippen molar-refractivity contribution in [3.8, 4) is 5.75 Å². The summed E-state index contributed by atoms with van der Waals surface area (Å²) in [5.41, 5.74) is 2.90. The molecular weight excluding hydrogens is 322 g/mol. The molecule has 0 aliphatic heterocycles. The zero-order valence-electron chi connectivity index (χ0n) is 13.9. The standard InChI is InChI=1S/C19H19NO3S/c1-12-4-7-18-14(8-12)10-16(24-18)11-23-15-5-6-17(13(2)9-15)20-19(21)22-3/h4-10H,11H2,1-3H3,(H,20,21). The van der Waals surface area contributed by atoms with Gasteiger partial charge in [-0.3, -0.25) is 5.32 Å². The number of benzene rings is 2. The van der Waals surface area contributed by atoms with E-state index in [-0.39, 0.29) is 0 Å². The molecule has 0 fully saturated rings. The van der Waals surface area contributed by atoms with Gasteiger partial charge in [0.25, 0.3) is 0 Å². The Morgan fingerprint density at radius 3 is 2.71 bits per heavy atom. The van der Waals surface area contributed by atoms with Crippen molar-refractivity contribution >= 4 is 33.2 Å². The van der Waals surface area contributed by atoms with E-state index in [4.69, 9.17) is 4.74 Å². The molecule has 3 aromatic rings. The molecule has 5 heteroatoms. The van der Waals surface area contributed by atoms with Gasteiger partial charge in [0.15, 0.2) is 0 Å². The van der Waals surface area contributed by atoms with E-state index < -0.39 is 6.09 Å². The van der Waals surface area contributed by atoms with Gasteiger partial charge in [-0.25, -0.2) is 4.79 Å². The third-order valence-electron chi connectivity index (χ3n) is 3.72. The molecule has 1 amide bonds. The van der Waals surface area contributed by atoms with Crippen LogP contribution in [0.1, 0.15) is 16.0 Å². The summed E-state index contributed by atoms with van der Waals surface area (Å²) < 4.78 is 11.8. The fraction of sp³-hybridized carbons (Fsp3) is 0.211. The molecule has 0 spiro atoms. The lowest BCUT2D eigenvalue weighted by molar-refractivity contribution is 0.187. The van der Waals surface area contributed by atoms with Gasteiger partial charge in [-0.05, 0) is 55.1 Å². The molecule has 0 aliphatic rings. The number of fused-ring (bicyclic) bond motifs is 1. The lowest BCUT2D eigenvalue weighted by Gasteiger charge is -2.10. The average molecular weight is 341 g/mol. The Balaban J connectivity index is 1.69.